The van der Waals surface area contributed by atoms with Crippen molar-refractivity contribution in [3.8, 4) is 0 Å². The first kappa shape index (κ1) is 36.5. The Labute approximate surface area is 233 Å². The second kappa shape index (κ2) is 24.5. The fourth-order valence-corrected chi connectivity index (χ4v) is 3.15. The molecule has 0 aromatic heterocycles. The number of carbonyl (C=O) groups is 5. The minimum absolute atomic E-state index is 0.0672. The van der Waals surface area contributed by atoms with Crippen molar-refractivity contribution in [3.05, 3.63) is 10.4 Å². The summed E-state index contributed by atoms with van der Waals surface area (Å²) in [5.74, 6) is -2.95. The van der Waals surface area contributed by atoms with Gasteiger partial charge < -0.3 is 53.4 Å². The van der Waals surface area contributed by atoms with Crippen molar-refractivity contribution >= 4 is 29.5 Å². The normalized spacial score (nSPS) is 11.9. The summed E-state index contributed by atoms with van der Waals surface area (Å²) < 4.78 is 5.24. The van der Waals surface area contributed by atoms with Gasteiger partial charge in [0, 0.05) is 64.2 Å². The number of amides is 5. The molecule has 0 heterocycles. The van der Waals surface area contributed by atoms with E-state index in [1.165, 1.54) is 6.92 Å². The highest BCUT2D eigenvalue weighted by Gasteiger charge is 2.29. The number of ether oxygens (including phenoxy) is 1. The maximum absolute atomic E-state index is 13.0. The summed E-state index contributed by atoms with van der Waals surface area (Å²) in [6.45, 7) is 6.07. The third-order valence-electron chi connectivity index (χ3n) is 5.01. The van der Waals surface area contributed by atoms with Gasteiger partial charge in [0.05, 0.1) is 39.1 Å². The van der Waals surface area contributed by atoms with Crippen molar-refractivity contribution < 1.29 is 40.2 Å². The van der Waals surface area contributed by atoms with Crippen LogP contribution in [0.2, 0.25) is 0 Å². The van der Waals surface area contributed by atoms with E-state index in [1.54, 1.807) is 0 Å². The van der Waals surface area contributed by atoms with Crippen LogP contribution in [0.15, 0.2) is 5.11 Å². The summed E-state index contributed by atoms with van der Waals surface area (Å²) in [5, 5.41) is 22.3. The van der Waals surface area contributed by atoms with Gasteiger partial charge in [-0.25, -0.2) is 0 Å². The average Bonchev–Trinajstić information content (AvgIpc) is 2.91. The molecule has 0 aliphatic rings. The Kier molecular flexibility index (Phi) is 22.3. The molecule has 2 atom stereocenters. The molecule has 40 heavy (non-hydrogen) atoms. The van der Waals surface area contributed by atoms with Crippen LogP contribution < -0.4 is 48.7 Å². The lowest BCUT2D eigenvalue weighted by atomic mass is 10.1. The van der Waals surface area contributed by atoms with Crippen LogP contribution in [0.1, 0.15) is 19.8 Å². The Morgan fingerprint density at radius 2 is 1.30 bits per heavy atom. The van der Waals surface area contributed by atoms with E-state index in [-0.39, 0.29) is 39.1 Å². The van der Waals surface area contributed by atoms with Crippen LogP contribution in [-0.2, 0) is 28.7 Å². The van der Waals surface area contributed by atoms with Gasteiger partial charge in [-0.3, -0.25) is 24.0 Å². The van der Waals surface area contributed by atoms with Crippen LogP contribution in [0.25, 0.3) is 10.4 Å². The van der Waals surface area contributed by atoms with Gasteiger partial charge in [0.15, 0.2) is 0 Å². The number of hydrogen-bond acceptors (Lipinski definition) is 9. The topological polar surface area (TPSA) is 283 Å². The summed E-state index contributed by atoms with van der Waals surface area (Å²) in [5.41, 5.74) is 15.7. The highest BCUT2D eigenvalue weighted by molar-refractivity contribution is 5.96. The molecule has 0 aliphatic carbocycles. The van der Waals surface area contributed by atoms with Gasteiger partial charge in [-0.1, -0.05) is 5.11 Å². The fraction of sp³-hybridized carbons (Fsp3) is 0.773. The summed E-state index contributed by atoms with van der Waals surface area (Å²) in [4.78, 5) is 65.0. The van der Waals surface area contributed by atoms with Crippen molar-refractivity contribution in [2.75, 3.05) is 78.7 Å². The first-order chi connectivity index (χ1) is 19.2. The largest absolute Gasteiger partial charge is 0.379 e. The van der Waals surface area contributed by atoms with Gasteiger partial charge >= 0.3 is 0 Å². The van der Waals surface area contributed by atoms with E-state index in [4.69, 9.17) is 10.3 Å². The van der Waals surface area contributed by atoms with Crippen molar-refractivity contribution in [2.45, 2.75) is 31.8 Å². The first-order valence-corrected chi connectivity index (χ1v) is 13.2. The molecule has 0 aromatic rings. The molecule has 0 aromatic carbocycles. The van der Waals surface area contributed by atoms with E-state index in [0.717, 1.165) is 0 Å². The van der Waals surface area contributed by atoms with E-state index in [9.17, 15) is 24.0 Å². The lowest BCUT2D eigenvalue weighted by Gasteiger charge is -2.22. The second-order valence-corrected chi connectivity index (χ2v) is 8.49. The molecule has 0 saturated heterocycles. The van der Waals surface area contributed by atoms with Crippen molar-refractivity contribution in [2.24, 2.45) is 5.11 Å². The van der Waals surface area contributed by atoms with E-state index in [0.29, 0.717) is 52.4 Å². The molecular weight excluding hydrogens is 528 g/mol. The highest BCUT2D eigenvalue weighted by atomic mass is 16.5. The molecule has 0 rings (SSSR count). The molecule has 0 radical (unpaired) electrons. The quantitative estimate of drug-likeness (QED) is 0.0231. The Morgan fingerprint density at radius 3 is 1.80 bits per heavy atom. The second-order valence-electron chi connectivity index (χ2n) is 8.49. The summed E-state index contributed by atoms with van der Waals surface area (Å²) in [6.07, 6.45) is -0.736. The smallest absolute Gasteiger partial charge is 0.243 e. The predicted octanol–water partition coefficient (Wildman–Crippen LogP) is -5.91. The lowest BCUT2D eigenvalue weighted by molar-refractivity contribution is -0.365. The minimum atomic E-state index is -1.28. The van der Waals surface area contributed by atoms with Crippen LogP contribution in [0.3, 0.4) is 0 Å². The van der Waals surface area contributed by atoms with Gasteiger partial charge in [0.2, 0.25) is 29.5 Å². The Hall–Kier alpha value is -3.54. The minimum Gasteiger partial charge on any atom is -0.379 e. The Morgan fingerprint density at radius 1 is 0.750 bits per heavy atom. The number of azide groups is 1. The standard InChI is InChI=1S/C22H44N12O6/c1-16(35)32-18(15-20(37)29-9-7-27-5-3-24)22(39)33-17(14-19(36)28-8-6-26-4-2-23)21(38)30-10-12-40-13-11-31-34-25/h17-18,26-27H,2-15,23-24H2,1H3,(H,28,36)(H,29,37)(H,30,38)(H,32,35)(H,33,39)/p+2/t17-,18+/m0/s1. The number of nitrogens with zero attached hydrogens (tertiary/aromatic N) is 3. The SMILES string of the molecule is CC(=O)N[C@H](CC(=O)NCCNCC[NH3+])C(=O)N[C@@H](CC(=O)NCCNCC[NH3+])C(=O)NCCOCCN=[N+]=[N-]. The van der Waals surface area contributed by atoms with Gasteiger partial charge in [0.25, 0.3) is 0 Å². The monoisotopic (exact) mass is 574 g/mol. The van der Waals surface area contributed by atoms with Crippen LogP contribution in [0.4, 0.5) is 0 Å². The van der Waals surface area contributed by atoms with E-state index in [2.05, 4.69) is 58.7 Å². The molecule has 0 aliphatic heterocycles. The number of nitrogens with one attached hydrogen (secondary N) is 7. The molecule has 13 N–H and O–H groups in total. The molecule has 5 amide bonds. The van der Waals surface area contributed by atoms with E-state index >= 15 is 0 Å². The van der Waals surface area contributed by atoms with Crippen molar-refractivity contribution in [1.82, 2.24) is 37.2 Å². The zero-order valence-corrected chi connectivity index (χ0v) is 23.3. The molecular formula is C22H46N12O6+2. The van der Waals surface area contributed by atoms with Gasteiger partial charge in [-0.2, -0.15) is 0 Å². The zero-order valence-electron chi connectivity index (χ0n) is 23.3. The summed E-state index contributed by atoms with van der Waals surface area (Å²) >= 11 is 0. The number of hydrogen-bond donors (Lipinski definition) is 9. The van der Waals surface area contributed by atoms with Gasteiger partial charge in [0.1, 0.15) is 12.1 Å². The van der Waals surface area contributed by atoms with Crippen LogP contribution in [0, 0.1) is 0 Å². The number of carbonyl (C=O) groups excluding carboxylic acids is 5. The molecule has 18 heteroatoms. The fourth-order valence-electron chi connectivity index (χ4n) is 3.15. The third-order valence-corrected chi connectivity index (χ3v) is 5.01. The average molecular weight is 575 g/mol. The van der Waals surface area contributed by atoms with E-state index in [1.807, 2.05) is 0 Å². The molecule has 18 nitrogen and oxygen atoms in total. The maximum atomic E-state index is 13.0. The first-order valence-electron chi connectivity index (χ1n) is 13.2. The number of quaternary nitrogens is 2. The van der Waals surface area contributed by atoms with E-state index < -0.39 is 41.6 Å². The lowest BCUT2D eigenvalue weighted by Crippen LogP contribution is -2.56. The summed E-state index contributed by atoms with van der Waals surface area (Å²) in [7, 11) is 0. The Balaban J connectivity index is 5.16. The maximum Gasteiger partial charge on any atom is 0.243 e. The van der Waals surface area contributed by atoms with Crippen molar-refractivity contribution in [3.63, 3.8) is 0 Å². The van der Waals surface area contributed by atoms with Crippen LogP contribution in [-0.4, -0.2) is 120 Å². The molecule has 0 spiro atoms. The molecule has 0 fully saturated rings. The van der Waals surface area contributed by atoms with Crippen LogP contribution >= 0.6 is 0 Å². The van der Waals surface area contributed by atoms with Gasteiger partial charge in [-0.15, -0.1) is 0 Å². The molecule has 0 unspecified atom stereocenters. The highest BCUT2D eigenvalue weighted by Crippen LogP contribution is 1.99. The number of rotatable bonds is 24. The summed E-state index contributed by atoms with van der Waals surface area (Å²) in [6, 6.07) is -2.55. The predicted molar refractivity (Wildman–Crippen MR) is 144 cm³/mol. The van der Waals surface area contributed by atoms with Gasteiger partial charge in [-0.05, 0) is 5.53 Å². The molecule has 0 bridgehead atoms. The van der Waals surface area contributed by atoms with Crippen molar-refractivity contribution in [1.29, 1.82) is 0 Å². The molecule has 228 valence electrons. The zero-order chi connectivity index (χ0) is 30.0. The van der Waals surface area contributed by atoms with Crippen LogP contribution in [0.5, 0.6) is 0 Å². The Bertz CT molecular complexity index is 824. The third kappa shape index (κ3) is 20.4. The molecule has 0 saturated carbocycles.